The first-order valence-corrected chi connectivity index (χ1v) is 8.62. The van der Waals surface area contributed by atoms with E-state index in [1.807, 2.05) is 6.92 Å². The minimum atomic E-state index is -4.02. The molecule has 0 amide bonds. The lowest BCUT2D eigenvalue weighted by molar-refractivity contribution is -0.384. The van der Waals surface area contributed by atoms with Crippen molar-refractivity contribution in [1.82, 2.24) is 5.48 Å². The summed E-state index contributed by atoms with van der Waals surface area (Å²) in [5, 5.41) is 25.6. The van der Waals surface area contributed by atoms with Crippen molar-refractivity contribution in [2.75, 3.05) is 0 Å². The molecule has 0 bridgehead atoms. The smallest absolute Gasteiger partial charge is 0.294 e. The molecule has 0 aliphatic heterocycles. The van der Waals surface area contributed by atoms with Gasteiger partial charge in [0.2, 0.25) is 5.96 Å². The lowest BCUT2D eigenvalue weighted by Gasteiger charge is -1.95. The SMILES string of the molecule is Cc1ccc(S(=O)(=O)O)cc1.NC(=NN=Cc1cccc([N+](=O)[O-])c1)NO. The lowest BCUT2D eigenvalue weighted by atomic mass is 10.2. The molecule has 0 fully saturated rings. The zero-order valence-electron chi connectivity index (χ0n) is 14.1. The first-order chi connectivity index (χ1) is 12.6. The third kappa shape index (κ3) is 8.04. The molecule has 2 aromatic carbocycles. The van der Waals surface area contributed by atoms with E-state index in [-0.39, 0.29) is 16.5 Å². The number of hydrogen-bond donors (Lipinski definition) is 4. The number of nitrogens with two attached hydrogens (primary N) is 1. The molecule has 27 heavy (non-hydrogen) atoms. The third-order valence-corrected chi connectivity index (χ3v) is 3.75. The van der Waals surface area contributed by atoms with Gasteiger partial charge < -0.3 is 5.73 Å². The van der Waals surface area contributed by atoms with Crippen molar-refractivity contribution in [1.29, 1.82) is 0 Å². The van der Waals surface area contributed by atoms with E-state index in [0.717, 1.165) is 5.56 Å². The Kier molecular flexibility index (Phi) is 8.00. The van der Waals surface area contributed by atoms with E-state index in [1.54, 1.807) is 23.7 Å². The van der Waals surface area contributed by atoms with Crippen molar-refractivity contribution in [3.05, 3.63) is 69.8 Å². The Morgan fingerprint density at radius 1 is 1.26 bits per heavy atom. The zero-order valence-corrected chi connectivity index (χ0v) is 14.9. The second-order valence-corrected chi connectivity index (χ2v) is 6.40. The van der Waals surface area contributed by atoms with Crippen LogP contribution in [0.4, 0.5) is 5.69 Å². The number of aryl methyl sites for hydroxylation is 1. The van der Waals surface area contributed by atoms with Crippen LogP contribution in [0.2, 0.25) is 0 Å². The Hall–Kier alpha value is -3.35. The summed E-state index contributed by atoms with van der Waals surface area (Å²) in [5.41, 5.74) is 8.09. The number of nitrogens with one attached hydrogen (secondary N) is 1. The van der Waals surface area contributed by atoms with Crippen LogP contribution in [0.1, 0.15) is 11.1 Å². The second kappa shape index (κ2) is 9.96. The van der Waals surface area contributed by atoms with Crippen LogP contribution in [0.3, 0.4) is 0 Å². The molecule has 12 heteroatoms. The highest BCUT2D eigenvalue weighted by atomic mass is 32.2. The maximum Gasteiger partial charge on any atom is 0.294 e. The van der Waals surface area contributed by atoms with E-state index >= 15 is 0 Å². The van der Waals surface area contributed by atoms with Crippen LogP contribution in [0.5, 0.6) is 0 Å². The van der Waals surface area contributed by atoms with E-state index in [0.29, 0.717) is 5.56 Å². The third-order valence-electron chi connectivity index (χ3n) is 2.89. The average Bonchev–Trinajstić information content (AvgIpc) is 2.62. The highest BCUT2D eigenvalue weighted by Gasteiger charge is 2.06. The highest BCUT2D eigenvalue weighted by molar-refractivity contribution is 7.85. The molecular weight excluding hydrogens is 378 g/mol. The van der Waals surface area contributed by atoms with Crippen molar-refractivity contribution < 1.29 is 23.1 Å². The molecule has 0 aliphatic rings. The fraction of sp³-hybridized carbons (Fsp3) is 0.0667. The lowest BCUT2D eigenvalue weighted by Crippen LogP contribution is -2.27. The summed E-state index contributed by atoms with van der Waals surface area (Å²) in [6.45, 7) is 1.84. The summed E-state index contributed by atoms with van der Waals surface area (Å²) in [6, 6.07) is 11.8. The maximum absolute atomic E-state index is 10.5. The van der Waals surface area contributed by atoms with E-state index in [1.165, 1.54) is 36.5 Å². The van der Waals surface area contributed by atoms with E-state index in [4.69, 9.17) is 15.5 Å². The van der Waals surface area contributed by atoms with Gasteiger partial charge in [-0.15, -0.1) is 5.10 Å². The molecule has 0 heterocycles. The zero-order chi connectivity index (χ0) is 20.4. The second-order valence-electron chi connectivity index (χ2n) is 4.98. The molecule has 0 atom stereocenters. The fourth-order valence-electron chi connectivity index (χ4n) is 1.61. The molecule has 0 aromatic heterocycles. The Morgan fingerprint density at radius 3 is 2.41 bits per heavy atom. The van der Waals surface area contributed by atoms with Crippen LogP contribution in [0.25, 0.3) is 0 Å². The van der Waals surface area contributed by atoms with Crippen LogP contribution in [-0.4, -0.2) is 35.3 Å². The Labute approximate surface area is 154 Å². The van der Waals surface area contributed by atoms with Crippen LogP contribution in [0.15, 0.2) is 63.6 Å². The summed E-state index contributed by atoms with van der Waals surface area (Å²) in [7, 11) is -4.02. The molecular formula is C15H17N5O6S. The number of hydroxylamine groups is 1. The molecule has 0 radical (unpaired) electrons. The summed E-state index contributed by atoms with van der Waals surface area (Å²) in [5.74, 6) is -0.276. The van der Waals surface area contributed by atoms with Crippen molar-refractivity contribution in [2.45, 2.75) is 11.8 Å². The molecule has 2 aromatic rings. The maximum atomic E-state index is 10.5. The summed E-state index contributed by atoms with van der Waals surface area (Å²) >= 11 is 0. The van der Waals surface area contributed by atoms with Crippen molar-refractivity contribution in [3.8, 4) is 0 Å². The molecule has 0 unspecified atom stereocenters. The highest BCUT2D eigenvalue weighted by Crippen LogP contribution is 2.11. The Morgan fingerprint density at radius 2 is 1.89 bits per heavy atom. The van der Waals surface area contributed by atoms with Crippen LogP contribution < -0.4 is 11.2 Å². The van der Waals surface area contributed by atoms with E-state index in [9.17, 15) is 18.5 Å². The summed E-state index contributed by atoms with van der Waals surface area (Å²) < 4.78 is 29.6. The van der Waals surface area contributed by atoms with E-state index < -0.39 is 15.0 Å². The summed E-state index contributed by atoms with van der Waals surface area (Å²) in [4.78, 5) is 9.88. The predicted molar refractivity (Wildman–Crippen MR) is 98.2 cm³/mol. The van der Waals surface area contributed by atoms with Crippen LogP contribution in [-0.2, 0) is 10.1 Å². The van der Waals surface area contributed by atoms with Gasteiger partial charge in [-0.3, -0.25) is 19.9 Å². The largest absolute Gasteiger partial charge is 0.367 e. The van der Waals surface area contributed by atoms with Crippen LogP contribution in [0, 0.1) is 17.0 Å². The molecule has 0 spiro atoms. The standard InChI is InChI=1S/C8H9N5O3.C7H8O3S/c9-8(12-14)11-10-5-6-2-1-3-7(4-6)13(15)16;1-6-2-4-7(5-3-6)11(8,9)10/h1-5,14H,(H3,9,11,12);2-5H,1H3,(H,8,9,10). The number of hydrogen-bond acceptors (Lipinski definition) is 7. The Balaban J connectivity index is 0.000000289. The number of guanidine groups is 1. The molecule has 2 rings (SSSR count). The van der Waals surface area contributed by atoms with Gasteiger partial charge >= 0.3 is 0 Å². The number of non-ortho nitro benzene ring substituents is 1. The number of nitrogens with zero attached hydrogens (tertiary/aromatic N) is 3. The van der Waals surface area contributed by atoms with Gasteiger partial charge in [0.05, 0.1) is 16.0 Å². The molecule has 0 saturated carbocycles. The number of nitro groups is 1. The molecule has 0 saturated heterocycles. The normalized spacial score (nSPS) is 11.6. The molecule has 0 aliphatic carbocycles. The van der Waals surface area contributed by atoms with Crippen molar-refractivity contribution in [2.24, 2.45) is 15.9 Å². The van der Waals surface area contributed by atoms with Gasteiger partial charge in [-0.05, 0) is 19.1 Å². The quantitative estimate of drug-likeness (QED) is 0.197. The van der Waals surface area contributed by atoms with Gasteiger partial charge in [0.25, 0.3) is 15.8 Å². The molecule has 5 N–H and O–H groups in total. The topological polar surface area (TPSA) is 181 Å². The van der Waals surface area contributed by atoms with Gasteiger partial charge in [-0.1, -0.05) is 29.8 Å². The first-order valence-electron chi connectivity index (χ1n) is 7.18. The van der Waals surface area contributed by atoms with Gasteiger partial charge in [0.1, 0.15) is 0 Å². The molecule has 11 nitrogen and oxygen atoms in total. The minimum absolute atomic E-state index is 0.0406. The van der Waals surface area contributed by atoms with Crippen molar-refractivity contribution in [3.63, 3.8) is 0 Å². The number of benzene rings is 2. The average molecular weight is 395 g/mol. The monoisotopic (exact) mass is 395 g/mol. The van der Waals surface area contributed by atoms with Gasteiger partial charge in [-0.25, -0.2) is 5.48 Å². The summed E-state index contributed by atoms with van der Waals surface area (Å²) in [6.07, 6.45) is 1.27. The molecule has 144 valence electrons. The van der Waals surface area contributed by atoms with Gasteiger partial charge in [0.15, 0.2) is 0 Å². The number of rotatable bonds is 4. The van der Waals surface area contributed by atoms with Gasteiger partial charge in [-0.2, -0.15) is 13.5 Å². The Bertz CT molecular complexity index is 941. The number of nitro benzene ring substituents is 1. The van der Waals surface area contributed by atoms with E-state index in [2.05, 4.69) is 10.2 Å². The fourth-order valence-corrected chi connectivity index (χ4v) is 2.09. The van der Waals surface area contributed by atoms with Crippen LogP contribution >= 0.6 is 0 Å². The van der Waals surface area contributed by atoms with Gasteiger partial charge in [0, 0.05) is 17.7 Å². The minimum Gasteiger partial charge on any atom is -0.367 e. The van der Waals surface area contributed by atoms with Crippen molar-refractivity contribution >= 4 is 28.0 Å². The predicted octanol–water partition coefficient (Wildman–Crippen LogP) is 1.46. The first kappa shape index (κ1) is 21.7.